The van der Waals surface area contributed by atoms with Gasteiger partial charge in [-0.05, 0) is 99.3 Å². The van der Waals surface area contributed by atoms with Crippen LogP contribution in [0.3, 0.4) is 0 Å². The number of esters is 1. The molecule has 0 amide bonds. The molecule has 2 aromatic rings. The van der Waals surface area contributed by atoms with Gasteiger partial charge in [-0.1, -0.05) is 200 Å². The number of carbonyl (C=O) groups is 3. The highest BCUT2D eigenvalue weighted by atomic mass is 32.2. The first-order valence-corrected chi connectivity index (χ1v) is 28.1. The molecule has 374 valence electrons. The Morgan fingerprint density at radius 2 is 1.27 bits per heavy atom. The maximum Gasteiger partial charge on any atom is 0.311 e. The van der Waals surface area contributed by atoms with E-state index < -0.39 is 41.1 Å². The number of unbranched alkanes of at least 4 members (excludes halogenated alkanes) is 16. The van der Waals surface area contributed by atoms with Gasteiger partial charge in [0.15, 0.2) is 0 Å². The molecule has 7 unspecified atom stereocenters. The second kappa shape index (κ2) is 34.4. The fourth-order valence-electron chi connectivity index (χ4n) is 9.69. The topological polar surface area (TPSA) is 110 Å². The quantitative estimate of drug-likeness (QED) is 0.0292. The van der Waals surface area contributed by atoms with Gasteiger partial charge in [0.25, 0.3) is 0 Å². The molecule has 7 nitrogen and oxygen atoms in total. The van der Waals surface area contributed by atoms with Crippen molar-refractivity contribution in [1.29, 1.82) is 0 Å². The summed E-state index contributed by atoms with van der Waals surface area (Å²) >= 11 is 8.98. The van der Waals surface area contributed by atoms with Gasteiger partial charge in [-0.25, -0.2) is 0 Å². The average Bonchev–Trinajstić information content (AvgIpc) is 3.73. The SMILES string of the molecule is C=CC1CC(C=C)C(COCCCCCCCCCCOC(=O)C(C)(C)CC(c2ccccc2)C(C(=O)O)C(CC(SC(=S)SCCCCCCCCCCCC)c2ccccc2)C(=O)O)C1. The van der Waals surface area contributed by atoms with E-state index in [1.807, 2.05) is 60.7 Å². The number of thioether (sulfide) groups is 2. The third-order valence-corrected chi connectivity index (χ3v) is 16.7. The molecule has 0 bridgehead atoms. The van der Waals surface area contributed by atoms with E-state index in [0.717, 1.165) is 92.3 Å². The van der Waals surface area contributed by atoms with Crippen LogP contribution in [0.25, 0.3) is 0 Å². The number of allylic oxidation sites excluding steroid dienone is 2. The molecule has 0 saturated heterocycles. The molecule has 3 rings (SSSR count). The summed E-state index contributed by atoms with van der Waals surface area (Å²) in [6, 6.07) is 18.9. The van der Waals surface area contributed by atoms with E-state index in [2.05, 4.69) is 32.2 Å². The number of hydrogen-bond acceptors (Lipinski definition) is 8. The number of carboxylic acid groups (broad SMARTS) is 2. The van der Waals surface area contributed by atoms with Crippen LogP contribution in [0.1, 0.15) is 184 Å². The molecular weight excluding hydrogens is 893 g/mol. The zero-order valence-electron chi connectivity index (χ0n) is 41.4. The average molecular weight is 980 g/mol. The van der Waals surface area contributed by atoms with Crippen molar-refractivity contribution in [3.63, 3.8) is 0 Å². The summed E-state index contributed by atoms with van der Waals surface area (Å²) in [5.74, 6) is -3.53. The second-order valence-corrected chi connectivity index (χ2v) is 23.1. The smallest absolute Gasteiger partial charge is 0.311 e. The summed E-state index contributed by atoms with van der Waals surface area (Å²) in [4.78, 5) is 40.5. The fourth-order valence-corrected chi connectivity index (χ4v) is 12.5. The van der Waals surface area contributed by atoms with Crippen molar-refractivity contribution >= 4 is 57.2 Å². The Morgan fingerprint density at radius 1 is 0.731 bits per heavy atom. The maximum atomic E-state index is 13.7. The van der Waals surface area contributed by atoms with Gasteiger partial charge in [0.05, 0.1) is 23.9 Å². The normalized spacial score (nSPS) is 17.9. The molecular formula is C57H86O7S3. The lowest BCUT2D eigenvalue weighted by Crippen LogP contribution is -2.39. The van der Waals surface area contributed by atoms with Crippen molar-refractivity contribution in [3.8, 4) is 0 Å². The summed E-state index contributed by atoms with van der Waals surface area (Å²) in [7, 11) is 0. The summed E-state index contributed by atoms with van der Waals surface area (Å²) in [6.07, 6.45) is 27.8. The third-order valence-electron chi connectivity index (χ3n) is 13.7. The number of ether oxygens (including phenoxy) is 2. The van der Waals surface area contributed by atoms with E-state index in [4.69, 9.17) is 21.7 Å². The minimum absolute atomic E-state index is 0.0662. The number of rotatable bonds is 38. The predicted molar refractivity (Wildman–Crippen MR) is 287 cm³/mol. The summed E-state index contributed by atoms with van der Waals surface area (Å²) in [6.45, 7) is 15.7. The van der Waals surface area contributed by atoms with Crippen LogP contribution in [0.5, 0.6) is 0 Å². The van der Waals surface area contributed by atoms with Gasteiger partial charge < -0.3 is 19.7 Å². The summed E-state index contributed by atoms with van der Waals surface area (Å²) in [5.41, 5.74) is 0.527. The third kappa shape index (κ3) is 23.0. The van der Waals surface area contributed by atoms with Crippen LogP contribution in [0.4, 0.5) is 0 Å². The van der Waals surface area contributed by atoms with Crippen LogP contribution in [-0.4, -0.2) is 57.2 Å². The molecule has 1 aliphatic rings. The summed E-state index contributed by atoms with van der Waals surface area (Å²) in [5, 5.41) is 21.5. The van der Waals surface area contributed by atoms with E-state index in [0.29, 0.717) is 29.9 Å². The van der Waals surface area contributed by atoms with E-state index in [-0.39, 0.29) is 18.1 Å². The minimum Gasteiger partial charge on any atom is -0.481 e. The van der Waals surface area contributed by atoms with Crippen molar-refractivity contribution in [2.45, 2.75) is 173 Å². The van der Waals surface area contributed by atoms with Crippen molar-refractivity contribution in [3.05, 3.63) is 97.1 Å². The lowest BCUT2D eigenvalue weighted by atomic mass is 9.69. The molecule has 7 atom stereocenters. The van der Waals surface area contributed by atoms with E-state index in [1.165, 1.54) is 76.0 Å². The van der Waals surface area contributed by atoms with Crippen LogP contribution in [0.15, 0.2) is 86.0 Å². The lowest BCUT2D eigenvalue weighted by molar-refractivity contribution is -0.158. The van der Waals surface area contributed by atoms with Gasteiger partial charge in [-0.2, -0.15) is 0 Å². The zero-order valence-corrected chi connectivity index (χ0v) is 43.9. The Morgan fingerprint density at radius 3 is 1.81 bits per heavy atom. The van der Waals surface area contributed by atoms with E-state index in [9.17, 15) is 24.6 Å². The Labute approximate surface area is 419 Å². The standard InChI is InChI=1S/C57H86O7S3/c1-6-9-10-11-12-13-16-19-22-31-38-66-56(65)67-51(47-34-27-24-28-35-47)41-49(53(58)59)52(54(60)61)50(46-32-25-23-26-33-46)42-57(4,5)55(62)64-37-30-21-18-15-14-17-20-29-36-63-43-48-40-44(7-2)39-45(48)8-3/h7-8,23-28,32-35,44-45,48-52H,2-3,6,9-22,29-31,36-43H2,1,4-5H3,(H,58,59)(H,60,61). The molecule has 2 N–H and O–H groups in total. The van der Waals surface area contributed by atoms with E-state index >= 15 is 0 Å². The number of carboxylic acids is 2. The fraction of sp³-hybridized carbons (Fsp3) is 0.649. The number of thiocarbonyl (C=S) groups is 1. The predicted octanol–water partition coefficient (Wildman–Crippen LogP) is 16.1. The molecule has 1 fully saturated rings. The Kier molecular flexibility index (Phi) is 30.0. The van der Waals surface area contributed by atoms with Crippen LogP contribution >= 0.6 is 35.7 Å². The van der Waals surface area contributed by atoms with Crippen LogP contribution in [0, 0.1) is 35.0 Å². The molecule has 0 aliphatic heterocycles. The molecule has 67 heavy (non-hydrogen) atoms. The highest BCUT2D eigenvalue weighted by Crippen LogP contribution is 2.46. The molecule has 1 saturated carbocycles. The highest BCUT2D eigenvalue weighted by Gasteiger charge is 2.45. The number of hydrogen-bond donors (Lipinski definition) is 2. The molecule has 0 heterocycles. The Hall–Kier alpha value is -2.92. The van der Waals surface area contributed by atoms with Crippen molar-refractivity contribution in [1.82, 2.24) is 0 Å². The number of benzene rings is 2. The van der Waals surface area contributed by atoms with E-state index in [1.54, 1.807) is 25.6 Å². The molecule has 10 heteroatoms. The first-order chi connectivity index (χ1) is 32.4. The van der Waals surface area contributed by atoms with Gasteiger partial charge >= 0.3 is 17.9 Å². The Balaban J connectivity index is 1.51. The lowest BCUT2D eigenvalue weighted by Gasteiger charge is -2.35. The minimum atomic E-state index is -1.31. The molecule has 2 aromatic carbocycles. The van der Waals surface area contributed by atoms with Gasteiger partial charge in [0.1, 0.15) is 3.53 Å². The van der Waals surface area contributed by atoms with Gasteiger partial charge in [0, 0.05) is 18.5 Å². The molecule has 0 spiro atoms. The highest BCUT2D eigenvalue weighted by molar-refractivity contribution is 8.47. The Bertz CT molecular complexity index is 1700. The van der Waals surface area contributed by atoms with Gasteiger partial charge in [-0.3, -0.25) is 14.4 Å². The summed E-state index contributed by atoms with van der Waals surface area (Å²) < 4.78 is 12.6. The van der Waals surface area contributed by atoms with Crippen molar-refractivity contribution in [2.24, 2.45) is 35.0 Å². The van der Waals surface area contributed by atoms with Crippen molar-refractivity contribution < 1.29 is 34.1 Å². The largest absolute Gasteiger partial charge is 0.481 e. The zero-order chi connectivity index (χ0) is 48.7. The second-order valence-electron chi connectivity index (χ2n) is 19.6. The van der Waals surface area contributed by atoms with Gasteiger partial charge in [0.2, 0.25) is 0 Å². The van der Waals surface area contributed by atoms with Crippen molar-refractivity contribution in [2.75, 3.05) is 25.6 Å². The monoisotopic (exact) mass is 979 g/mol. The molecule has 1 aliphatic carbocycles. The first-order valence-electron chi connectivity index (χ1n) is 25.8. The van der Waals surface area contributed by atoms with Crippen LogP contribution < -0.4 is 0 Å². The number of aliphatic carboxylic acids is 2. The van der Waals surface area contributed by atoms with Crippen LogP contribution in [-0.2, 0) is 23.9 Å². The van der Waals surface area contributed by atoms with Crippen LogP contribution in [0.2, 0.25) is 0 Å². The molecule has 0 aromatic heterocycles. The van der Waals surface area contributed by atoms with Gasteiger partial charge in [-0.15, -0.1) is 24.9 Å². The maximum absolute atomic E-state index is 13.7. The molecule has 0 radical (unpaired) electrons. The number of carbonyl (C=O) groups excluding carboxylic acids is 1. The first kappa shape index (κ1) is 58.4.